The van der Waals surface area contributed by atoms with Gasteiger partial charge in [-0.25, -0.2) is 0 Å². The van der Waals surface area contributed by atoms with Crippen molar-refractivity contribution in [2.75, 3.05) is 13.1 Å². The fourth-order valence-corrected chi connectivity index (χ4v) is 9.82. The van der Waals surface area contributed by atoms with Crippen molar-refractivity contribution in [1.82, 2.24) is 19.7 Å². The van der Waals surface area contributed by atoms with Gasteiger partial charge in [-0.05, 0) is 48.7 Å². The Morgan fingerprint density at radius 3 is 2.13 bits per heavy atom. The number of alkyl halides is 3. The van der Waals surface area contributed by atoms with E-state index in [0.29, 0.717) is 5.56 Å². The first-order valence-electron chi connectivity index (χ1n) is 15.5. The summed E-state index contributed by atoms with van der Waals surface area (Å²) >= 11 is 13.2. The van der Waals surface area contributed by atoms with E-state index < -0.39 is 61.1 Å². The minimum absolute atomic E-state index is 0.0858. The van der Waals surface area contributed by atoms with Crippen molar-refractivity contribution in [2.24, 2.45) is 17.3 Å². The van der Waals surface area contributed by atoms with Crippen LogP contribution in [0.25, 0.3) is 0 Å². The normalized spacial score (nSPS) is 20.2. The molecule has 8 nitrogen and oxygen atoms in total. The fourth-order valence-electron chi connectivity index (χ4n) is 6.42. The number of carbonyl (C=O) groups is 2. The summed E-state index contributed by atoms with van der Waals surface area (Å²) in [5.41, 5.74) is -1.73. The van der Waals surface area contributed by atoms with Gasteiger partial charge >= 0.3 is 12.1 Å². The van der Waals surface area contributed by atoms with Gasteiger partial charge in [-0.2, -0.15) is 18.3 Å². The van der Waals surface area contributed by atoms with E-state index in [1.54, 1.807) is 6.92 Å². The Labute approximate surface area is 274 Å². The predicted octanol–water partition coefficient (Wildman–Crippen LogP) is 8.92. The third kappa shape index (κ3) is 8.81. The number of amides is 1. The molecule has 2 aromatic heterocycles. The van der Waals surface area contributed by atoms with Gasteiger partial charge in [0.1, 0.15) is 0 Å². The quantitative estimate of drug-likeness (QED) is 0.223. The van der Waals surface area contributed by atoms with Crippen LogP contribution in [0.5, 0.6) is 0 Å². The summed E-state index contributed by atoms with van der Waals surface area (Å²) in [6.45, 7) is 13.6. The van der Waals surface area contributed by atoms with Gasteiger partial charge in [0.25, 0.3) is 5.91 Å². The van der Waals surface area contributed by atoms with Crippen LogP contribution in [0.3, 0.4) is 0 Å². The highest BCUT2D eigenvalue weighted by Crippen LogP contribution is 2.42. The van der Waals surface area contributed by atoms with E-state index in [-0.39, 0.29) is 48.3 Å². The van der Waals surface area contributed by atoms with Gasteiger partial charge in [-0.15, -0.1) is 0 Å². The second-order valence-electron chi connectivity index (χ2n) is 13.4. The van der Waals surface area contributed by atoms with Crippen LogP contribution in [0.1, 0.15) is 101 Å². The highest BCUT2D eigenvalue weighted by atomic mass is 35.5. The molecule has 0 aliphatic heterocycles. The summed E-state index contributed by atoms with van der Waals surface area (Å²) < 4.78 is 52.0. The smallest absolute Gasteiger partial charge is 0.433 e. The lowest BCUT2D eigenvalue weighted by Crippen LogP contribution is -2.45. The van der Waals surface area contributed by atoms with Gasteiger partial charge < -0.3 is 14.4 Å². The average molecular weight is 694 g/mol. The molecule has 1 saturated carbocycles. The largest absolute Gasteiger partial charge is 0.481 e. The second kappa shape index (κ2) is 14.7. The minimum Gasteiger partial charge on any atom is -0.481 e. The number of hydrogen-bond donors (Lipinski definition) is 1. The van der Waals surface area contributed by atoms with E-state index in [1.807, 2.05) is 20.8 Å². The first-order valence-corrected chi connectivity index (χ1v) is 18.8. The summed E-state index contributed by atoms with van der Waals surface area (Å²) in [5.74, 6) is -2.78. The molecule has 3 rings (SSSR count). The minimum atomic E-state index is -4.88. The van der Waals surface area contributed by atoms with Crippen molar-refractivity contribution >= 4 is 43.4 Å². The molecular formula is C31H45Cl2F3N4O4Si. The number of halogens is 5. The highest BCUT2D eigenvalue weighted by molar-refractivity contribution is 6.73. The maximum absolute atomic E-state index is 14.8. The summed E-state index contributed by atoms with van der Waals surface area (Å²) in [6, 6.07) is 1.67. The maximum Gasteiger partial charge on any atom is 0.433 e. The highest BCUT2D eigenvalue weighted by Gasteiger charge is 2.45. The Morgan fingerprint density at radius 1 is 1.09 bits per heavy atom. The first kappa shape index (κ1) is 37.3. The van der Waals surface area contributed by atoms with Gasteiger partial charge in [-0.3, -0.25) is 19.3 Å². The van der Waals surface area contributed by atoms with Crippen molar-refractivity contribution in [3.63, 3.8) is 0 Å². The van der Waals surface area contributed by atoms with Crippen LogP contribution in [0.4, 0.5) is 13.2 Å². The Morgan fingerprint density at radius 2 is 1.67 bits per heavy atom. The molecule has 45 heavy (non-hydrogen) atoms. The molecule has 1 N–H and O–H groups in total. The van der Waals surface area contributed by atoms with Crippen molar-refractivity contribution in [3.05, 3.63) is 45.5 Å². The van der Waals surface area contributed by atoms with Gasteiger partial charge in [-0.1, -0.05) is 71.7 Å². The van der Waals surface area contributed by atoms with Crippen LogP contribution in [-0.4, -0.2) is 58.1 Å². The van der Waals surface area contributed by atoms with Crippen LogP contribution in [0, 0.1) is 17.3 Å². The summed E-state index contributed by atoms with van der Waals surface area (Å²) in [6.07, 6.45) is -1.19. The number of aromatic nitrogens is 3. The van der Waals surface area contributed by atoms with Crippen LogP contribution in [-0.2, 0) is 15.4 Å². The molecule has 2 heterocycles. The van der Waals surface area contributed by atoms with Gasteiger partial charge in [0.2, 0.25) is 0 Å². The Bertz CT molecular complexity index is 1320. The molecule has 2 aromatic rings. The van der Waals surface area contributed by atoms with Crippen molar-refractivity contribution in [1.29, 1.82) is 0 Å². The molecule has 1 amide bonds. The number of pyridine rings is 1. The summed E-state index contributed by atoms with van der Waals surface area (Å²) in [4.78, 5) is 31.3. The topological polar surface area (TPSA) is 97.6 Å². The van der Waals surface area contributed by atoms with E-state index in [9.17, 15) is 27.9 Å². The lowest BCUT2D eigenvalue weighted by molar-refractivity contribution is -0.149. The van der Waals surface area contributed by atoms with Gasteiger partial charge in [0.15, 0.2) is 14.0 Å². The summed E-state index contributed by atoms with van der Waals surface area (Å²) in [5, 5.41) is 14.1. The molecule has 1 fully saturated rings. The van der Waals surface area contributed by atoms with Crippen molar-refractivity contribution in [2.45, 2.75) is 104 Å². The van der Waals surface area contributed by atoms with E-state index in [4.69, 9.17) is 27.6 Å². The fraction of sp³-hybridized carbons (Fsp3) is 0.677. The number of aliphatic carboxylic acids is 1. The number of rotatable bonds is 12. The molecule has 0 saturated heterocycles. The molecule has 0 aromatic carbocycles. The summed E-state index contributed by atoms with van der Waals surface area (Å²) in [7, 11) is -2.34. The predicted molar refractivity (Wildman–Crippen MR) is 171 cm³/mol. The van der Waals surface area contributed by atoms with E-state index in [1.165, 1.54) is 17.3 Å². The molecule has 0 bridgehead atoms. The number of carbonyl (C=O) groups excluding carboxylic acids is 1. The molecule has 252 valence electrons. The molecule has 1 aliphatic rings. The van der Waals surface area contributed by atoms with Crippen LogP contribution in [0.2, 0.25) is 28.2 Å². The zero-order chi connectivity index (χ0) is 33.9. The number of hydrogen-bond acceptors (Lipinski definition) is 5. The van der Waals surface area contributed by atoms with Crippen LogP contribution in [0.15, 0.2) is 18.6 Å². The number of carboxylic acid groups (broad SMARTS) is 1. The van der Waals surface area contributed by atoms with E-state index >= 15 is 0 Å². The number of carboxylic acids is 1. The SMILES string of the molecule is CC[Si](CC)(CC)OC(CN(CC(C)(C)C)C(=O)c1cnn(C2CCC(C(=O)O)C(C)C2)c1C(F)(F)F)c1c(Cl)cncc1Cl. The number of nitrogens with zero attached hydrogens (tertiary/aromatic N) is 4. The Balaban J connectivity index is 2.11. The third-order valence-electron chi connectivity index (χ3n) is 8.98. The molecule has 0 spiro atoms. The van der Waals surface area contributed by atoms with Gasteiger partial charge in [0, 0.05) is 24.5 Å². The van der Waals surface area contributed by atoms with Crippen LogP contribution < -0.4 is 0 Å². The lowest BCUT2D eigenvalue weighted by atomic mass is 9.78. The molecule has 1 aliphatic carbocycles. The molecule has 4 atom stereocenters. The second-order valence-corrected chi connectivity index (χ2v) is 18.9. The Kier molecular flexibility index (Phi) is 12.2. The van der Waals surface area contributed by atoms with Crippen LogP contribution >= 0.6 is 23.2 Å². The zero-order valence-corrected chi connectivity index (χ0v) is 29.6. The van der Waals surface area contributed by atoms with Gasteiger partial charge in [0.05, 0.1) is 46.4 Å². The lowest BCUT2D eigenvalue weighted by Gasteiger charge is -2.38. The molecule has 0 radical (unpaired) electrons. The maximum atomic E-state index is 14.8. The zero-order valence-electron chi connectivity index (χ0n) is 27.0. The van der Waals surface area contributed by atoms with Crippen molar-refractivity contribution < 1.29 is 32.3 Å². The Hall–Kier alpha value is -2.15. The molecule has 4 unspecified atom stereocenters. The standard InChI is InChI=1S/C31H45Cl2F3N4O4Si/c1-8-45(9-2,10-3)44-25(26-23(32)15-37-16-24(26)33)17-39(18-30(5,6)7)28(41)22-14-38-40(27(22)31(34,35)36)20-11-12-21(29(42)43)19(4)13-20/h14-16,19-21,25H,8-13,17-18H2,1-7H3,(H,42,43). The average Bonchev–Trinajstić information content (AvgIpc) is 3.40. The first-order chi connectivity index (χ1) is 20.9. The van der Waals surface area contributed by atoms with E-state index in [0.717, 1.165) is 29.0 Å². The molecule has 14 heteroatoms. The monoisotopic (exact) mass is 692 g/mol. The third-order valence-corrected chi connectivity index (χ3v) is 14.2. The molecular weight excluding hydrogens is 648 g/mol. The van der Waals surface area contributed by atoms with E-state index in [2.05, 4.69) is 30.9 Å². The van der Waals surface area contributed by atoms with Crippen molar-refractivity contribution in [3.8, 4) is 0 Å².